The Morgan fingerprint density at radius 3 is 2.78 bits per heavy atom. The van der Waals surface area contributed by atoms with Crippen LogP contribution < -0.4 is 5.56 Å². The van der Waals surface area contributed by atoms with Gasteiger partial charge >= 0.3 is 0 Å². The highest BCUT2D eigenvalue weighted by Gasteiger charge is 2.26. The summed E-state index contributed by atoms with van der Waals surface area (Å²) in [6.07, 6.45) is 2.30. The van der Waals surface area contributed by atoms with Crippen molar-refractivity contribution in [3.63, 3.8) is 0 Å². The highest BCUT2D eigenvalue weighted by molar-refractivity contribution is 7.98. The first-order valence-corrected chi connectivity index (χ1v) is 12.3. The number of aryl methyl sites for hydroxylation is 1. The molecule has 1 aliphatic heterocycles. The standard InChI is InChI=1S/C24H23N3O3S2/c1-15-5-7-17(8-6-15)14-31-24-25-22-21(23(29)27(24)12-18-4-3-11-30-18)19-9-10-26(16(2)28)13-20(19)32-22/h3-8,11H,9-10,12-14H2,1-2H3. The monoisotopic (exact) mass is 465 g/mol. The summed E-state index contributed by atoms with van der Waals surface area (Å²) in [5.41, 5.74) is 3.41. The second kappa shape index (κ2) is 8.60. The van der Waals surface area contributed by atoms with E-state index in [0.717, 1.165) is 26.8 Å². The molecule has 8 heteroatoms. The molecule has 0 aliphatic carbocycles. The van der Waals surface area contributed by atoms with Crippen LogP contribution in [0.2, 0.25) is 0 Å². The van der Waals surface area contributed by atoms with E-state index in [9.17, 15) is 9.59 Å². The van der Waals surface area contributed by atoms with Gasteiger partial charge in [0.2, 0.25) is 5.91 Å². The summed E-state index contributed by atoms with van der Waals surface area (Å²) in [6.45, 7) is 5.19. The Morgan fingerprint density at radius 1 is 1.25 bits per heavy atom. The van der Waals surface area contributed by atoms with Gasteiger partial charge in [0.05, 0.1) is 24.7 Å². The Balaban J connectivity index is 1.57. The normalized spacial score (nSPS) is 13.5. The summed E-state index contributed by atoms with van der Waals surface area (Å²) in [5, 5.41) is 1.38. The average Bonchev–Trinajstić information content (AvgIpc) is 3.42. The highest BCUT2D eigenvalue weighted by Crippen LogP contribution is 2.34. The zero-order valence-corrected chi connectivity index (χ0v) is 19.6. The van der Waals surface area contributed by atoms with E-state index in [1.165, 1.54) is 22.5 Å². The third kappa shape index (κ3) is 4.00. The number of hydrogen-bond acceptors (Lipinski definition) is 6. The molecule has 1 amide bonds. The Hall–Kier alpha value is -2.84. The largest absolute Gasteiger partial charge is 0.467 e. The lowest BCUT2D eigenvalue weighted by molar-refractivity contribution is -0.129. The molecule has 0 atom stereocenters. The zero-order valence-electron chi connectivity index (χ0n) is 18.0. The van der Waals surface area contributed by atoms with Gasteiger partial charge < -0.3 is 9.32 Å². The number of nitrogens with zero attached hydrogens (tertiary/aromatic N) is 3. The topological polar surface area (TPSA) is 68.3 Å². The van der Waals surface area contributed by atoms with E-state index in [1.807, 2.05) is 17.0 Å². The smallest absolute Gasteiger partial charge is 0.263 e. The zero-order chi connectivity index (χ0) is 22.2. The number of aromatic nitrogens is 2. The van der Waals surface area contributed by atoms with E-state index >= 15 is 0 Å². The maximum absolute atomic E-state index is 13.7. The van der Waals surface area contributed by atoms with Crippen molar-refractivity contribution in [2.24, 2.45) is 0 Å². The minimum atomic E-state index is -0.0356. The first-order chi connectivity index (χ1) is 15.5. The number of furan rings is 1. The molecule has 0 saturated carbocycles. The van der Waals surface area contributed by atoms with Crippen LogP contribution in [-0.2, 0) is 30.1 Å². The summed E-state index contributed by atoms with van der Waals surface area (Å²) >= 11 is 3.09. The van der Waals surface area contributed by atoms with Crippen molar-refractivity contribution in [3.8, 4) is 0 Å². The summed E-state index contributed by atoms with van der Waals surface area (Å²) in [4.78, 5) is 34.1. The van der Waals surface area contributed by atoms with Crippen LogP contribution in [0.1, 0.15) is 34.3 Å². The molecular formula is C24H23N3O3S2. The van der Waals surface area contributed by atoms with Crippen molar-refractivity contribution >= 4 is 39.2 Å². The van der Waals surface area contributed by atoms with Crippen LogP contribution in [0, 0.1) is 6.92 Å². The van der Waals surface area contributed by atoms with Crippen molar-refractivity contribution in [1.29, 1.82) is 0 Å². The van der Waals surface area contributed by atoms with E-state index in [2.05, 4.69) is 31.2 Å². The lowest BCUT2D eigenvalue weighted by Gasteiger charge is -2.25. The quantitative estimate of drug-likeness (QED) is 0.318. The molecule has 0 spiro atoms. The van der Waals surface area contributed by atoms with Gasteiger partial charge in [0.25, 0.3) is 5.56 Å². The number of fused-ring (bicyclic) bond motifs is 3. The van der Waals surface area contributed by atoms with E-state index in [-0.39, 0.29) is 11.5 Å². The van der Waals surface area contributed by atoms with Crippen LogP contribution in [0.4, 0.5) is 0 Å². The van der Waals surface area contributed by atoms with Crippen LogP contribution >= 0.6 is 23.1 Å². The number of carbonyl (C=O) groups excluding carboxylic acids is 1. The average molecular weight is 466 g/mol. The Morgan fingerprint density at radius 2 is 2.06 bits per heavy atom. The molecule has 0 radical (unpaired) electrons. The number of amides is 1. The minimum Gasteiger partial charge on any atom is -0.467 e. The number of thiophene rings is 1. The van der Waals surface area contributed by atoms with Gasteiger partial charge in [-0.25, -0.2) is 4.98 Å². The van der Waals surface area contributed by atoms with Gasteiger partial charge in [-0.05, 0) is 36.6 Å². The van der Waals surface area contributed by atoms with Gasteiger partial charge in [0.15, 0.2) is 5.16 Å². The lowest BCUT2D eigenvalue weighted by Crippen LogP contribution is -2.34. The third-order valence-electron chi connectivity index (χ3n) is 5.75. The molecule has 0 fully saturated rings. The van der Waals surface area contributed by atoms with E-state index in [0.29, 0.717) is 36.6 Å². The Kier molecular flexibility index (Phi) is 5.65. The first kappa shape index (κ1) is 21.0. The molecule has 32 heavy (non-hydrogen) atoms. The van der Waals surface area contributed by atoms with Crippen molar-refractivity contribution in [1.82, 2.24) is 14.5 Å². The summed E-state index contributed by atoms with van der Waals surface area (Å²) < 4.78 is 7.26. The van der Waals surface area contributed by atoms with Crippen molar-refractivity contribution in [3.05, 3.63) is 80.3 Å². The fraction of sp³-hybridized carbons (Fsp3) is 0.292. The maximum Gasteiger partial charge on any atom is 0.263 e. The van der Waals surface area contributed by atoms with Crippen LogP contribution in [0.5, 0.6) is 0 Å². The van der Waals surface area contributed by atoms with Crippen molar-refractivity contribution < 1.29 is 9.21 Å². The molecule has 0 N–H and O–H groups in total. The van der Waals surface area contributed by atoms with Crippen molar-refractivity contribution in [2.45, 2.75) is 44.3 Å². The number of hydrogen-bond donors (Lipinski definition) is 0. The fourth-order valence-electron chi connectivity index (χ4n) is 3.97. The van der Waals surface area contributed by atoms with Gasteiger partial charge in [-0.15, -0.1) is 11.3 Å². The summed E-state index contributed by atoms with van der Waals surface area (Å²) in [5.74, 6) is 1.50. The van der Waals surface area contributed by atoms with Gasteiger partial charge in [0, 0.05) is 24.1 Å². The van der Waals surface area contributed by atoms with Crippen LogP contribution in [0.15, 0.2) is 57.0 Å². The molecule has 0 saturated heterocycles. The molecule has 4 heterocycles. The van der Waals surface area contributed by atoms with Crippen LogP contribution in [0.25, 0.3) is 10.2 Å². The predicted octanol–water partition coefficient (Wildman–Crippen LogP) is 4.60. The van der Waals surface area contributed by atoms with E-state index in [4.69, 9.17) is 9.40 Å². The number of carbonyl (C=O) groups is 1. The van der Waals surface area contributed by atoms with Gasteiger partial charge in [0.1, 0.15) is 10.6 Å². The van der Waals surface area contributed by atoms with Gasteiger partial charge in [-0.1, -0.05) is 41.6 Å². The Bertz CT molecular complexity index is 1340. The molecule has 0 bridgehead atoms. The molecule has 6 nitrogen and oxygen atoms in total. The molecule has 3 aromatic heterocycles. The predicted molar refractivity (Wildman–Crippen MR) is 127 cm³/mol. The summed E-state index contributed by atoms with van der Waals surface area (Å²) in [6, 6.07) is 12.1. The number of thioether (sulfide) groups is 1. The molecule has 1 aromatic carbocycles. The number of rotatable bonds is 5. The van der Waals surface area contributed by atoms with E-state index < -0.39 is 0 Å². The second-order valence-electron chi connectivity index (χ2n) is 8.01. The SMILES string of the molecule is CC(=O)N1CCc2c(sc3nc(SCc4ccc(C)cc4)n(Cc4ccco4)c(=O)c23)C1. The molecule has 5 rings (SSSR count). The van der Waals surface area contributed by atoms with Gasteiger partial charge in [-0.3, -0.25) is 14.2 Å². The molecule has 164 valence electrons. The third-order valence-corrected chi connectivity index (χ3v) is 7.91. The molecular weight excluding hydrogens is 442 g/mol. The minimum absolute atomic E-state index is 0.0356. The second-order valence-corrected chi connectivity index (χ2v) is 10.0. The van der Waals surface area contributed by atoms with Gasteiger partial charge in [-0.2, -0.15) is 0 Å². The lowest BCUT2D eigenvalue weighted by atomic mass is 10.1. The fourth-order valence-corrected chi connectivity index (χ4v) is 6.20. The highest BCUT2D eigenvalue weighted by atomic mass is 32.2. The van der Waals surface area contributed by atoms with Crippen molar-refractivity contribution in [2.75, 3.05) is 6.54 Å². The first-order valence-electron chi connectivity index (χ1n) is 10.5. The van der Waals surface area contributed by atoms with Crippen LogP contribution in [-0.4, -0.2) is 26.9 Å². The molecule has 0 unspecified atom stereocenters. The maximum atomic E-state index is 13.7. The number of benzene rings is 1. The molecule has 4 aromatic rings. The molecule has 1 aliphatic rings. The Labute approximate surface area is 193 Å². The van der Waals surface area contributed by atoms with E-state index in [1.54, 1.807) is 29.5 Å². The summed E-state index contributed by atoms with van der Waals surface area (Å²) in [7, 11) is 0. The van der Waals surface area contributed by atoms with Crippen LogP contribution in [0.3, 0.4) is 0 Å².